The monoisotopic (exact) mass is 668 g/mol. The Labute approximate surface area is 265 Å². The van der Waals surface area contributed by atoms with Gasteiger partial charge < -0.3 is 10.6 Å². The molecular weight excluding hydrogens is 646 g/mol. The molecule has 2 amide bonds. The second-order valence-electron chi connectivity index (χ2n) is 11.9. The summed E-state index contributed by atoms with van der Waals surface area (Å²) in [5.74, 6) is -7.92. The summed E-state index contributed by atoms with van der Waals surface area (Å²) in [5, 5.41) is 9.74. The third kappa shape index (κ3) is 5.03. The average Bonchev–Trinajstić information content (AvgIpc) is 3.25. The molecule has 0 bridgehead atoms. The van der Waals surface area contributed by atoms with Gasteiger partial charge in [0, 0.05) is 35.2 Å². The summed E-state index contributed by atoms with van der Waals surface area (Å²) in [7, 11) is 0. The smallest absolute Gasteiger partial charge is 0.293 e. The van der Waals surface area contributed by atoms with E-state index in [-0.39, 0.29) is 35.6 Å². The summed E-state index contributed by atoms with van der Waals surface area (Å²) in [5.41, 5.74) is 1.26. The number of thiazole rings is 1. The number of nitrogens with zero attached hydrogens (tertiary/aromatic N) is 4. The lowest BCUT2D eigenvalue weighted by Crippen LogP contribution is -2.35. The minimum atomic E-state index is -3.41. The van der Waals surface area contributed by atoms with Crippen LogP contribution in [0.5, 0.6) is 0 Å². The number of carbonyl (C=O) groups excluding carboxylic acids is 2. The molecule has 3 unspecified atom stereocenters. The molecule has 8 nitrogen and oxygen atoms in total. The van der Waals surface area contributed by atoms with Gasteiger partial charge in [-0.1, -0.05) is 12.1 Å². The number of pyridine rings is 1. The van der Waals surface area contributed by atoms with Gasteiger partial charge in [-0.2, -0.15) is 13.9 Å². The lowest BCUT2D eigenvalue weighted by molar-refractivity contribution is -0.123. The maximum absolute atomic E-state index is 15.1. The molecule has 3 atom stereocenters. The predicted octanol–water partition coefficient (Wildman–Crippen LogP) is 6.32. The minimum absolute atomic E-state index is 0.0815. The number of alkyl halides is 4. The molecule has 3 aliphatic rings. The maximum Gasteiger partial charge on any atom is 0.293 e. The van der Waals surface area contributed by atoms with E-state index in [2.05, 4.69) is 25.7 Å². The largest absolute Gasteiger partial charge is 0.348 e. The number of rotatable bonds is 8. The molecule has 1 saturated carbocycles. The van der Waals surface area contributed by atoms with Crippen molar-refractivity contribution in [1.82, 2.24) is 30.4 Å². The molecule has 4 heterocycles. The number of fused-ring (bicyclic) bond motifs is 5. The summed E-state index contributed by atoms with van der Waals surface area (Å²) in [4.78, 5) is 34.8. The lowest BCUT2D eigenvalue weighted by atomic mass is 10.0. The SMILES string of the molecule is O=C(Cn1nc(C(F)F)c2c1C(F)(F)C1CC21)NC(Cc1cc(F)cc(F)c1)c1ccc2sc(-c3ccc4c(c3)C(=O)NC4)nc2n1. The Kier molecular flexibility index (Phi) is 6.69. The van der Waals surface area contributed by atoms with Crippen molar-refractivity contribution in [1.29, 1.82) is 0 Å². The van der Waals surface area contributed by atoms with Crippen molar-refractivity contribution in [3.05, 3.63) is 99.5 Å². The Morgan fingerprint density at radius 2 is 1.87 bits per heavy atom. The maximum atomic E-state index is 15.1. The molecule has 2 aliphatic carbocycles. The molecule has 2 N–H and O–H groups in total. The fraction of sp³-hybridized carbons (Fsp3) is 0.281. The van der Waals surface area contributed by atoms with Gasteiger partial charge in [-0.3, -0.25) is 14.3 Å². The van der Waals surface area contributed by atoms with Gasteiger partial charge in [0.15, 0.2) is 5.65 Å². The van der Waals surface area contributed by atoms with E-state index in [9.17, 15) is 27.2 Å². The highest BCUT2D eigenvalue weighted by Gasteiger charge is 2.67. The van der Waals surface area contributed by atoms with Gasteiger partial charge in [-0.15, -0.1) is 11.3 Å². The van der Waals surface area contributed by atoms with E-state index in [0.717, 1.165) is 17.7 Å². The number of hydrogen-bond acceptors (Lipinski definition) is 6. The minimum Gasteiger partial charge on any atom is -0.348 e. The van der Waals surface area contributed by atoms with Crippen LogP contribution in [0.3, 0.4) is 0 Å². The van der Waals surface area contributed by atoms with Gasteiger partial charge in [0.25, 0.3) is 18.3 Å². The fourth-order valence-electron chi connectivity index (χ4n) is 6.64. The van der Waals surface area contributed by atoms with Crippen molar-refractivity contribution in [2.45, 2.75) is 50.2 Å². The Hall–Kier alpha value is -4.79. The van der Waals surface area contributed by atoms with Crippen LogP contribution in [0.25, 0.3) is 20.9 Å². The third-order valence-electron chi connectivity index (χ3n) is 8.83. The summed E-state index contributed by atoms with van der Waals surface area (Å²) in [6.45, 7) is -0.339. The molecule has 0 radical (unpaired) electrons. The zero-order valence-corrected chi connectivity index (χ0v) is 24.9. The lowest BCUT2D eigenvalue weighted by Gasteiger charge is -2.20. The number of halogens is 6. The first-order valence-electron chi connectivity index (χ1n) is 14.7. The van der Waals surface area contributed by atoms with Crippen LogP contribution in [0.15, 0.2) is 48.5 Å². The molecule has 2 aromatic carbocycles. The highest BCUT2D eigenvalue weighted by Crippen LogP contribution is 2.68. The Morgan fingerprint density at radius 3 is 2.64 bits per heavy atom. The fourth-order valence-corrected chi connectivity index (χ4v) is 7.55. The highest BCUT2D eigenvalue weighted by atomic mass is 32.1. The summed E-state index contributed by atoms with van der Waals surface area (Å²) >= 11 is 1.32. The van der Waals surface area contributed by atoms with Gasteiger partial charge in [0.2, 0.25) is 5.91 Å². The average molecular weight is 669 g/mol. The van der Waals surface area contributed by atoms with Crippen LogP contribution >= 0.6 is 11.3 Å². The standard InChI is InChI=1S/C32H22F6N6O2S/c33-16-5-13(6-17(34)9-16)7-22(40-24(45)12-44-27-25(26(43-44)28(35)36)19-10-20(19)32(27,37)38)21-3-4-23-29(41-21)42-31(47-23)14-1-2-15-11-39-30(46)18(15)8-14/h1-6,8-9,19-20,22,28H,7,10-12H2,(H,39,46)(H,40,45). The van der Waals surface area contributed by atoms with Gasteiger partial charge >= 0.3 is 0 Å². The first-order valence-corrected chi connectivity index (χ1v) is 15.5. The molecule has 3 aromatic heterocycles. The van der Waals surface area contributed by atoms with Gasteiger partial charge in [-0.05, 0) is 60.2 Å². The van der Waals surface area contributed by atoms with E-state index in [0.29, 0.717) is 43.8 Å². The molecule has 47 heavy (non-hydrogen) atoms. The van der Waals surface area contributed by atoms with E-state index < -0.39 is 65.7 Å². The highest BCUT2D eigenvalue weighted by molar-refractivity contribution is 7.21. The number of hydrogen-bond donors (Lipinski definition) is 2. The molecule has 15 heteroatoms. The van der Waals surface area contributed by atoms with Crippen molar-refractivity contribution in [2.75, 3.05) is 0 Å². The molecule has 0 saturated heterocycles. The Bertz CT molecular complexity index is 2110. The molecule has 1 aliphatic heterocycles. The second kappa shape index (κ2) is 10.6. The second-order valence-corrected chi connectivity index (χ2v) is 12.9. The van der Waals surface area contributed by atoms with Crippen molar-refractivity contribution >= 4 is 33.5 Å². The molecule has 0 spiro atoms. The van der Waals surface area contributed by atoms with E-state index >= 15 is 8.78 Å². The first kappa shape index (κ1) is 29.6. The van der Waals surface area contributed by atoms with Crippen molar-refractivity contribution in [3.8, 4) is 10.6 Å². The van der Waals surface area contributed by atoms with Gasteiger partial charge in [0.1, 0.15) is 34.6 Å². The van der Waals surface area contributed by atoms with E-state index in [4.69, 9.17) is 0 Å². The molecule has 8 rings (SSSR count). The Morgan fingerprint density at radius 1 is 1.09 bits per heavy atom. The molecule has 5 aromatic rings. The van der Waals surface area contributed by atoms with E-state index in [1.165, 1.54) is 11.3 Å². The molecule has 240 valence electrons. The van der Waals surface area contributed by atoms with Crippen molar-refractivity contribution < 1.29 is 35.9 Å². The zero-order chi connectivity index (χ0) is 32.8. The zero-order valence-electron chi connectivity index (χ0n) is 24.0. The summed E-state index contributed by atoms with van der Waals surface area (Å²) in [6.07, 6.45) is -3.15. The van der Waals surface area contributed by atoms with E-state index in [1.807, 2.05) is 12.1 Å². The number of aromatic nitrogens is 4. The van der Waals surface area contributed by atoms with Crippen LogP contribution < -0.4 is 10.6 Å². The van der Waals surface area contributed by atoms with Gasteiger partial charge in [-0.25, -0.2) is 27.5 Å². The van der Waals surface area contributed by atoms with E-state index in [1.54, 1.807) is 18.2 Å². The van der Waals surface area contributed by atoms with Gasteiger partial charge in [0.05, 0.1) is 16.4 Å². The number of carbonyl (C=O) groups is 2. The Balaban J connectivity index is 1.11. The van der Waals surface area contributed by atoms with Crippen LogP contribution in [0.4, 0.5) is 26.3 Å². The molecule has 1 fully saturated rings. The summed E-state index contributed by atoms with van der Waals surface area (Å²) < 4.78 is 87.1. The summed E-state index contributed by atoms with van der Waals surface area (Å²) in [6, 6.07) is 10.6. The van der Waals surface area contributed by atoms with Crippen LogP contribution in [0, 0.1) is 17.6 Å². The van der Waals surface area contributed by atoms with Crippen molar-refractivity contribution in [3.63, 3.8) is 0 Å². The van der Waals surface area contributed by atoms with Crippen LogP contribution in [-0.4, -0.2) is 31.6 Å². The van der Waals surface area contributed by atoms with Crippen molar-refractivity contribution in [2.24, 2.45) is 5.92 Å². The number of nitrogens with one attached hydrogen (secondary N) is 2. The first-order chi connectivity index (χ1) is 22.5. The quantitative estimate of drug-likeness (QED) is 0.189. The molecular formula is C32H22F6N6O2S. The number of benzene rings is 2. The third-order valence-corrected chi connectivity index (χ3v) is 9.89. The van der Waals surface area contributed by atoms with Crippen LogP contribution in [0.2, 0.25) is 0 Å². The number of amides is 2. The van der Waals surface area contributed by atoms with Crippen LogP contribution in [0.1, 0.15) is 68.9 Å². The van der Waals surface area contributed by atoms with Crippen LogP contribution in [-0.2, 0) is 30.2 Å². The predicted molar refractivity (Wildman–Crippen MR) is 157 cm³/mol. The topological polar surface area (TPSA) is 102 Å². The normalized spacial score (nSPS) is 19.4.